The minimum Gasteiger partial charge on any atom is -0.462 e. The van der Waals surface area contributed by atoms with Crippen LogP contribution in [0.5, 0.6) is 0 Å². The van der Waals surface area contributed by atoms with E-state index in [2.05, 4.69) is 41.4 Å². The fraction of sp³-hybridized carbons (Fsp3) is 0.286. The van der Waals surface area contributed by atoms with Crippen molar-refractivity contribution in [2.24, 2.45) is 7.05 Å². The van der Waals surface area contributed by atoms with Crippen LogP contribution in [0.2, 0.25) is 0 Å². The van der Waals surface area contributed by atoms with Gasteiger partial charge in [-0.05, 0) is 43.7 Å². The van der Waals surface area contributed by atoms with E-state index in [4.69, 9.17) is 4.74 Å². The molecule has 0 saturated heterocycles. The fourth-order valence-corrected chi connectivity index (χ4v) is 4.24. The van der Waals surface area contributed by atoms with Gasteiger partial charge in [0.25, 0.3) is 0 Å². The Morgan fingerprint density at radius 2 is 1.71 bits per heavy atom. The quantitative estimate of drug-likeness (QED) is 0.387. The van der Waals surface area contributed by atoms with E-state index in [1.54, 1.807) is 42.6 Å². The molecule has 0 aliphatic rings. The highest BCUT2D eigenvalue weighted by atomic mass is 32.2. The molecule has 0 unspecified atom stereocenters. The number of nitrogens with zero attached hydrogens (tertiary/aromatic N) is 3. The van der Waals surface area contributed by atoms with Crippen molar-refractivity contribution < 1.29 is 9.53 Å². The zero-order chi connectivity index (χ0) is 19.9. The molecule has 0 N–H and O–H groups in total. The largest absolute Gasteiger partial charge is 0.462 e. The molecule has 0 radical (unpaired) electrons. The zero-order valence-corrected chi connectivity index (χ0v) is 17.8. The van der Waals surface area contributed by atoms with Crippen molar-refractivity contribution in [3.63, 3.8) is 0 Å². The van der Waals surface area contributed by atoms with Crippen LogP contribution in [-0.4, -0.2) is 27.3 Å². The summed E-state index contributed by atoms with van der Waals surface area (Å²) in [7, 11) is 2.00. The number of thioether (sulfide) groups is 2. The van der Waals surface area contributed by atoms with E-state index in [0.717, 1.165) is 28.0 Å². The van der Waals surface area contributed by atoms with Gasteiger partial charge in [-0.15, -0.1) is 22.0 Å². The number of hydrogen-bond acceptors (Lipinski definition) is 6. The maximum Gasteiger partial charge on any atom is 0.338 e. The zero-order valence-electron chi connectivity index (χ0n) is 16.2. The van der Waals surface area contributed by atoms with E-state index in [9.17, 15) is 4.79 Å². The highest BCUT2D eigenvalue weighted by Gasteiger charge is 2.11. The van der Waals surface area contributed by atoms with Crippen LogP contribution < -0.4 is 0 Å². The lowest BCUT2D eigenvalue weighted by atomic mass is 10.1. The van der Waals surface area contributed by atoms with Gasteiger partial charge >= 0.3 is 5.97 Å². The summed E-state index contributed by atoms with van der Waals surface area (Å²) in [5.74, 6) is 2.21. The summed E-state index contributed by atoms with van der Waals surface area (Å²) in [5.41, 5.74) is 2.96. The molecule has 7 heteroatoms. The average molecular weight is 414 g/mol. The van der Waals surface area contributed by atoms with Gasteiger partial charge in [-0.25, -0.2) is 4.79 Å². The molecule has 0 aliphatic heterocycles. The topological polar surface area (TPSA) is 57.0 Å². The van der Waals surface area contributed by atoms with Crippen molar-refractivity contribution >= 4 is 29.5 Å². The number of ether oxygens (including phenoxy) is 1. The van der Waals surface area contributed by atoms with Crippen molar-refractivity contribution in [1.29, 1.82) is 0 Å². The highest BCUT2D eigenvalue weighted by Crippen LogP contribution is 2.25. The lowest BCUT2D eigenvalue weighted by molar-refractivity contribution is 0.0526. The van der Waals surface area contributed by atoms with Crippen LogP contribution in [0.4, 0.5) is 0 Å². The van der Waals surface area contributed by atoms with E-state index in [-0.39, 0.29) is 5.97 Å². The van der Waals surface area contributed by atoms with Crippen LogP contribution >= 0.6 is 23.5 Å². The molecule has 0 atom stereocenters. The van der Waals surface area contributed by atoms with Gasteiger partial charge in [0.1, 0.15) is 5.82 Å². The van der Waals surface area contributed by atoms with Crippen LogP contribution in [0.25, 0.3) is 0 Å². The van der Waals surface area contributed by atoms with E-state index in [1.165, 1.54) is 10.5 Å². The Morgan fingerprint density at radius 1 is 1.00 bits per heavy atom. The average Bonchev–Trinajstić information content (AvgIpc) is 3.06. The number of hydrogen-bond donors (Lipinski definition) is 0. The number of carbonyl (C=O) groups excluding carboxylic acids is 1. The molecule has 0 spiro atoms. The summed E-state index contributed by atoms with van der Waals surface area (Å²) in [6.45, 7) is 4.27. The molecule has 0 amide bonds. The molecule has 0 bridgehead atoms. The first kappa shape index (κ1) is 20.5. The van der Waals surface area contributed by atoms with E-state index in [0.29, 0.717) is 12.2 Å². The Kier molecular flexibility index (Phi) is 7.17. The molecule has 0 fully saturated rings. The van der Waals surface area contributed by atoms with Crippen molar-refractivity contribution in [3.05, 3.63) is 71.0 Å². The molecular formula is C21H23N3O2S2. The monoisotopic (exact) mass is 413 g/mol. The van der Waals surface area contributed by atoms with Gasteiger partial charge in [0, 0.05) is 17.7 Å². The summed E-state index contributed by atoms with van der Waals surface area (Å²) < 4.78 is 7.05. The minimum absolute atomic E-state index is 0.286. The Balaban J connectivity index is 1.55. The first-order valence-corrected chi connectivity index (χ1v) is 11.0. The van der Waals surface area contributed by atoms with E-state index >= 15 is 0 Å². The van der Waals surface area contributed by atoms with Gasteiger partial charge in [-0.3, -0.25) is 0 Å². The molecule has 0 aliphatic carbocycles. The number of benzene rings is 2. The van der Waals surface area contributed by atoms with Gasteiger partial charge in [0.15, 0.2) is 5.16 Å². The molecule has 3 aromatic rings. The van der Waals surface area contributed by atoms with Gasteiger partial charge < -0.3 is 9.30 Å². The van der Waals surface area contributed by atoms with E-state index < -0.39 is 0 Å². The fourth-order valence-electron chi connectivity index (χ4n) is 2.48. The van der Waals surface area contributed by atoms with Crippen LogP contribution in [0.1, 0.15) is 34.2 Å². The van der Waals surface area contributed by atoms with Gasteiger partial charge in [0.2, 0.25) is 0 Å². The Labute approximate surface area is 173 Å². The maximum atomic E-state index is 11.7. The van der Waals surface area contributed by atoms with Crippen LogP contribution in [0.15, 0.2) is 58.6 Å². The normalized spacial score (nSPS) is 10.8. The van der Waals surface area contributed by atoms with Gasteiger partial charge in [0.05, 0.1) is 17.9 Å². The standard InChI is InChI=1S/C21H23N3O2S2/c1-4-26-20(25)17-9-7-16(8-10-17)13-28-21-23-22-19(24(21)3)14-27-18-11-5-15(2)6-12-18/h5-12H,4,13-14H2,1-3H3. The lowest BCUT2D eigenvalue weighted by Crippen LogP contribution is -2.04. The Hall–Kier alpha value is -2.25. The lowest BCUT2D eigenvalue weighted by Gasteiger charge is -2.05. The molecule has 1 aromatic heterocycles. The smallest absolute Gasteiger partial charge is 0.338 e. The van der Waals surface area contributed by atoms with Crippen LogP contribution in [0.3, 0.4) is 0 Å². The number of aryl methyl sites for hydroxylation is 1. The third kappa shape index (κ3) is 5.39. The molecule has 146 valence electrons. The summed E-state index contributed by atoms with van der Waals surface area (Å²) in [6, 6.07) is 16.0. The number of esters is 1. The summed E-state index contributed by atoms with van der Waals surface area (Å²) >= 11 is 3.39. The number of aromatic nitrogens is 3. The molecule has 28 heavy (non-hydrogen) atoms. The van der Waals surface area contributed by atoms with Gasteiger partial charge in [-0.2, -0.15) is 0 Å². The van der Waals surface area contributed by atoms with Crippen molar-refractivity contribution in [2.75, 3.05) is 6.61 Å². The molecular weight excluding hydrogens is 390 g/mol. The predicted octanol–water partition coefficient (Wildman–Crippen LogP) is 4.88. The molecule has 3 rings (SSSR count). The summed E-state index contributed by atoms with van der Waals surface area (Å²) in [4.78, 5) is 12.9. The Bertz CT molecular complexity index is 922. The summed E-state index contributed by atoms with van der Waals surface area (Å²) in [5, 5.41) is 9.53. The second-order valence-corrected chi connectivity index (χ2v) is 8.26. The molecule has 2 aromatic carbocycles. The molecule has 0 saturated carbocycles. The first-order valence-electron chi connectivity index (χ1n) is 9.03. The summed E-state index contributed by atoms with van der Waals surface area (Å²) in [6.07, 6.45) is 0. The number of carbonyl (C=O) groups is 1. The first-order chi connectivity index (χ1) is 13.6. The maximum absolute atomic E-state index is 11.7. The van der Waals surface area contributed by atoms with Gasteiger partial charge in [-0.1, -0.05) is 41.6 Å². The van der Waals surface area contributed by atoms with Crippen molar-refractivity contribution in [1.82, 2.24) is 14.8 Å². The predicted molar refractivity (Wildman–Crippen MR) is 114 cm³/mol. The molecule has 5 nitrogen and oxygen atoms in total. The second-order valence-electron chi connectivity index (χ2n) is 6.27. The SMILES string of the molecule is CCOC(=O)c1ccc(CSc2nnc(CSc3ccc(C)cc3)n2C)cc1. The van der Waals surface area contributed by atoms with Crippen molar-refractivity contribution in [2.45, 2.75) is 35.4 Å². The molecule has 1 heterocycles. The Morgan fingerprint density at radius 3 is 2.39 bits per heavy atom. The van der Waals surface area contributed by atoms with Crippen molar-refractivity contribution in [3.8, 4) is 0 Å². The third-order valence-electron chi connectivity index (χ3n) is 4.15. The van der Waals surface area contributed by atoms with E-state index in [1.807, 2.05) is 23.7 Å². The highest BCUT2D eigenvalue weighted by molar-refractivity contribution is 7.98. The van der Waals surface area contributed by atoms with Crippen LogP contribution in [-0.2, 0) is 23.3 Å². The number of rotatable bonds is 8. The van der Waals surface area contributed by atoms with Crippen LogP contribution in [0, 0.1) is 6.92 Å². The second kappa shape index (κ2) is 9.80. The third-order valence-corrected chi connectivity index (χ3v) is 6.25. The minimum atomic E-state index is -0.286.